The second kappa shape index (κ2) is 8.38. The number of nitrogens with zero attached hydrogens (tertiary/aromatic N) is 5. The standard InChI is InChI=1S/C22H27N7O2/c1-12(2)19-21(30)27-18-13(3)25-22(28-20(18)29(19)4)26-16-7-14(8-16)11-31-17-6-5-15(9-23)24-10-17/h5-6,10,12,14,16,19H,7-8,11H2,1-4H3,(H,27,30)(H,25,26,28)/t14?,16?,19-/m0/s1. The van der Waals surface area contributed by atoms with Crippen molar-refractivity contribution in [1.29, 1.82) is 5.26 Å². The molecule has 0 radical (unpaired) electrons. The Morgan fingerprint density at radius 2 is 2.13 bits per heavy atom. The molecule has 0 bridgehead atoms. The van der Waals surface area contributed by atoms with E-state index in [2.05, 4.69) is 20.6 Å². The predicted octanol–water partition coefficient (Wildman–Crippen LogP) is 2.73. The Balaban J connectivity index is 1.34. The molecule has 1 amide bonds. The van der Waals surface area contributed by atoms with Gasteiger partial charge in [-0.1, -0.05) is 13.8 Å². The Hall–Kier alpha value is -3.41. The maximum atomic E-state index is 12.5. The highest BCUT2D eigenvalue weighted by molar-refractivity contribution is 6.03. The quantitative estimate of drug-likeness (QED) is 0.731. The number of pyridine rings is 1. The van der Waals surface area contributed by atoms with Crippen molar-refractivity contribution in [2.45, 2.75) is 45.7 Å². The molecule has 2 N–H and O–H groups in total. The van der Waals surface area contributed by atoms with Gasteiger partial charge in [-0.25, -0.2) is 9.97 Å². The van der Waals surface area contributed by atoms with Crippen LogP contribution in [0.4, 0.5) is 17.5 Å². The van der Waals surface area contributed by atoms with Gasteiger partial charge in [0.1, 0.15) is 29.2 Å². The van der Waals surface area contributed by atoms with E-state index in [0.29, 0.717) is 35.6 Å². The molecule has 31 heavy (non-hydrogen) atoms. The van der Waals surface area contributed by atoms with Crippen LogP contribution in [0.2, 0.25) is 0 Å². The van der Waals surface area contributed by atoms with E-state index >= 15 is 0 Å². The third kappa shape index (κ3) is 4.24. The second-order valence-corrected chi connectivity index (χ2v) is 8.60. The number of hydrogen-bond donors (Lipinski definition) is 2. The fourth-order valence-electron chi connectivity index (χ4n) is 4.20. The first kappa shape index (κ1) is 20.8. The summed E-state index contributed by atoms with van der Waals surface area (Å²) >= 11 is 0. The molecule has 2 aromatic heterocycles. The SMILES string of the molecule is Cc1nc(NC2CC(COc3ccc(C#N)nc3)C2)nc2c1NC(=O)[C@H](C(C)C)N2C. The molecule has 2 aromatic rings. The van der Waals surface area contributed by atoms with Crippen LogP contribution in [0, 0.1) is 30.1 Å². The smallest absolute Gasteiger partial charge is 0.247 e. The van der Waals surface area contributed by atoms with Crippen molar-refractivity contribution >= 4 is 23.4 Å². The van der Waals surface area contributed by atoms with Crippen LogP contribution in [0.3, 0.4) is 0 Å². The average molecular weight is 422 g/mol. The summed E-state index contributed by atoms with van der Waals surface area (Å²) in [6.45, 7) is 6.56. The summed E-state index contributed by atoms with van der Waals surface area (Å²) < 4.78 is 5.78. The van der Waals surface area contributed by atoms with Gasteiger partial charge in [0.2, 0.25) is 11.9 Å². The van der Waals surface area contributed by atoms with Crippen molar-refractivity contribution in [2.75, 3.05) is 29.2 Å². The summed E-state index contributed by atoms with van der Waals surface area (Å²) in [5, 5.41) is 15.2. The largest absolute Gasteiger partial charge is 0.492 e. The van der Waals surface area contributed by atoms with Gasteiger partial charge in [-0.05, 0) is 43.7 Å². The summed E-state index contributed by atoms with van der Waals surface area (Å²) in [5.74, 6) is 2.61. The number of rotatable bonds is 6. The van der Waals surface area contributed by atoms with Gasteiger partial charge in [0.15, 0.2) is 5.82 Å². The highest BCUT2D eigenvalue weighted by atomic mass is 16.5. The number of aryl methyl sites for hydroxylation is 1. The maximum absolute atomic E-state index is 12.5. The Bertz CT molecular complexity index is 1010. The number of hydrogen-bond acceptors (Lipinski definition) is 8. The first-order chi connectivity index (χ1) is 14.9. The van der Waals surface area contributed by atoms with Crippen LogP contribution in [0.25, 0.3) is 0 Å². The molecule has 1 aliphatic carbocycles. The van der Waals surface area contributed by atoms with Crippen LogP contribution >= 0.6 is 0 Å². The molecule has 9 nitrogen and oxygen atoms in total. The summed E-state index contributed by atoms with van der Waals surface area (Å²) in [6, 6.07) is 5.45. The number of fused-ring (bicyclic) bond motifs is 1. The van der Waals surface area contributed by atoms with Gasteiger partial charge in [-0.2, -0.15) is 10.2 Å². The van der Waals surface area contributed by atoms with E-state index in [1.54, 1.807) is 18.3 Å². The summed E-state index contributed by atoms with van der Waals surface area (Å²) in [6.07, 6.45) is 3.51. The van der Waals surface area contributed by atoms with E-state index in [9.17, 15) is 4.79 Å². The van der Waals surface area contributed by atoms with E-state index in [1.165, 1.54) is 0 Å². The third-order valence-corrected chi connectivity index (χ3v) is 5.88. The molecule has 1 atom stereocenters. The van der Waals surface area contributed by atoms with Crippen molar-refractivity contribution in [3.05, 3.63) is 29.7 Å². The lowest BCUT2D eigenvalue weighted by Crippen LogP contribution is -2.50. The van der Waals surface area contributed by atoms with Gasteiger partial charge in [0, 0.05) is 13.1 Å². The van der Waals surface area contributed by atoms with E-state index in [0.717, 1.165) is 24.4 Å². The summed E-state index contributed by atoms with van der Waals surface area (Å²) in [7, 11) is 1.91. The fraction of sp³-hybridized carbons (Fsp3) is 0.500. The predicted molar refractivity (Wildman–Crippen MR) is 117 cm³/mol. The molecule has 1 aliphatic heterocycles. The van der Waals surface area contributed by atoms with Crippen molar-refractivity contribution in [2.24, 2.45) is 11.8 Å². The van der Waals surface area contributed by atoms with Gasteiger partial charge < -0.3 is 20.3 Å². The molecule has 1 saturated carbocycles. The van der Waals surface area contributed by atoms with Crippen molar-refractivity contribution < 1.29 is 9.53 Å². The van der Waals surface area contributed by atoms with Crippen LogP contribution in [0.1, 0.15) is 38.1 Å². The zero-order valence-corrected chi connectivity index (χ0v) is 18.2. The zero-order chi connectivity index (χ0) is 22.1. The summed E-state index contributed by atoms with van der Waals surface area (Å²) in [4.78, 5) is 27.7. The van der Waals surface area contributed by atoms with E-state index < -0.39 is 0 Å². The minimum absolute atomic E-state index is 0.0169. The van der Waals surface area contributed by atoms with Gasteiger partial charge in [0.05, 0.1) is 18.5 Å². The molecule has 4 rings (SSSR count). The number of amides is 1. The Morgan fingerprint density at radius 1 is 1.35 bits per heavy atom. The van der Waals surface area contributed by atoms with E-state index in [-0.39, 0.29) is 23.9 Å². The highest BCUT2D eigenvalue weighted by Gasteiger charge is 2.36. The molecule has 162 valence electrons. The Morgan fingerprint density at radius 3 is 2.77 bits per heavy atom. The monoisotopic (exact) mass is 421 g/mol. The van der Waals surface area contributed by atoms with Crippen LogP contribution in [0.15, 0.2) is 18.3 Å². The molecule has 1 fully saturated rings. The number of ether oxygens (including phenoxy) is 1. The molecule has 0 unspecified atom stereocenters. The molecular formula is C22H27N7O2. The van der Waals surface area contributed by atoms with Gasteiger partial charge in [-0.15, -0.1) is 0 Å². The second-order valence-electron chi connectivity index (χ2n) is 8.60. The number of aromatic nitrogens is 3. The van der Waals surface area contributed by atoms with Gasteiger partial charge in [-0.3, -0.25) is 4.79 Å². The molecule has 2 aliphatic rings. The van der Waals surface area contributed by atoms with Crippen LogP contribution in [-0.4, -0.2) is 46.6 Å². The maximum Gasteiger partial charge on any atom is 0.247 e. The Labute approximate surface area is 181 Å². The minimum Gasteiger partial charge on any atom is -0.492 e. The lowest BCUT2D eigenvalue weighted by molar-refractivity contribution is -0.118. The number of nitrogens with one attached hydrogen (secondary N) is 2. The van der Waals surface area contributed by atoms with E-state index in [1.807, 2.05) is 38.8 Å². The average Bonchev–Trinajstić information content (AvgIpc) is 2.70. The number of likely N-dealkylation sites (N-methyl/N-ethyl adjacent to an activating group) is 1. The first-order valence-electron chi connectivity index (χ1n) is 10.5. The lowest BCUT2D eigenvalue weighted by Gasteiger charge is -2.38. The number of carbonyl (C=O) groups is 1. The molecule has 3 heterocycles. The number of anilines is 3. The fourth-order valence-corrected chi connectivity index (χ4v) is 4.20. The lowest BCUT2D eigenvalue weighted by atomic mass is 9.81. The zero-order valence-electron chi connectivity index (χ0n) is 18.2. The van der Waals surface area contributed by atoms with Crippen molar-refractivity contribution in [1.82, 2.24) is 15.0 Å². The first-order valence-corrected chi connectivity index (χ1v) is 10.5. The minimum atomic E-state index is -0.253. The molecular weight excluding hydrogens is 394 g/mol. The van der Waals surface area contributed by atoms with Crippen LogP contribution in [0.5, 0.6) is 5.75 Å². The number of carbonyl (C=O) groups excluding carboxylic acids is 1. The molecule has 0 aromatic carbocycles. The number of nitriles is 1. The van der Waals surface area contributed by atoms with Crippen molar-refractivity contribution in [3.63, 3.8) is 0 Å². The molecule has 9 heteroatoms. The molecule has 0 saturated heterocycles. The van der Waals surface area contributed by atoms with Crippen LogP contribution in [-0.2, 0) is 4.79 Å². The summed E-state index contributed by atoms with van der Waals surface area (Å²) in [5.41, 5.74) is 1.82. The van der Waals surface area contributed by atoms with Gasteiger partial charge >= 0.3 is 0 Å². The van der Waals surface area contributed by atoms with E-state index in [4.69, 9.17) is 15.0 Å². The Kier molecular flexibility index (Phi) is 5.63. The topological polar surface area (TPSA) is 116 Å². The normalized spacial score (nSPS) is 22.3. The van der Waals surface area contributed by atoms with Crippen molar-refractivity contribution in [3.8, 4) is 11.8 Å². The molecule has 0 spiro atoms. The van der Waals surface area contributed by atoms with Crippen LogP contribution < -0.4 is 20.3 Å². The van der Waals surface area contributed by atoms with Gasteiger partial charge in [0.25, 0.3) is 0 Å². The third-order valence-electron chi connectivity index (χ3n) is 5.88. The highest BCUT2D eigenvalue weighted by Crippen LogP contribution is 2.35.